The van der Waals surface area contributed by atoms with Crippen molar-refractivity contribution >= 4 is 5.82 Å². The van der Waals surface area contributed by atoms with E-state index >= 15 is 0 Å². The van der Waals surface area contributed by atoms with Crippen LogP contribution >= 0.6 is 0 Å². The number of hydrogen-bond donors (Lipinski definition) is 1. The van der Waals surface area contributed by atoms with E-state index in [0.29, 0.717) is 24.0 Å². The molecule has 2 aliphatic heterocycles. The minimum absolute atomic E-state index is 0.412. The molecule has 0 aliphatic carbocycles. The number of ether oxygens (including phenoxy) is 1. The van der Waals surface area contributed by atoms with Gasteiger partial charge in [0.15, 0.2) is 0 Å². The highest BCUT2D eigenvalue weighted by Crippen LogP contribution is 2.34. The molecular formula is C26H37N3O. The Morgan fingerprint density at radius 1 is 1.10 bits per heavy atom. The van der Waals surface area contributed by atoms with Crippen LogP contribution in [-0.2, 0) is 0 Å². The highest BCUT2D eigenvalue weighted by Gasteiger charge is 2.28. The number of anilines is 1. The third-order valence-corrected chi connectivity index (χ3v) is 6.77. The van der Waals surface area contributed by atoms with E-state index in [1.165, 1.54) is 36.8 Å². The summed E-state index contributed by atoms with van der Waals surface area (Å²) in [5.41, 5.74) is 3.58. The molecule has 4 heteroatoms. The summed E-state index contributed by atoms with van der Waals surface area (Å²) in [6, 6.07) is 14.7. The van der Waals surface area contributed by atoms with Crippen molar-refractivity contribution in [3.63, 3.8) is 0 Å². The maximum Gasteiger partial charge on any atom is 0.129 e. The van der Waals surface area contributed by atoms with E-state index in [1.807, 2.05) is 0 Å². The first kappa shape index (κ1) is 21.2. The molecule has 0 saturated carbocycles. The van der Waals surface area contributed by atoms with Crippen LogP contribution in [0, 0.1) is 0 Å². The van der Waals surface area contributed by atoms with Gasteiger partial charge in [0.2, 0.25) is 0 Å². The molecule has 0 radical (unpaired) electrons. The summed E-state index contributed by atoms with van der Waals surface area (Å²) in [6.45, 7) is 11.0. The van der Waals surface area contributed by atoms with Crippen LogP contribution in [0.2, 0.25) is 0 Å². The lowest BCUT2D eigenvalue weighted by atomic mass is 9.94. The van der Waals surface area contributed by atoms with Gasteiger partial charge in [-0.05, 0) is 94.3 Å². The zero-order valence-electron chi connectivity index (χ0n) is 19.0. The summed E-state index contributed by atoms with van der Waals surface area (Å²) in [5, 5.41) is 3.55. The number of pyridine rings is 1. The molecule has 1 N–H and O–H groups in total. The van der Waals surface area contributed by atoms with Crippen LogP contribution in [0.15, 0.2) is 36.4 Å². The van der Waals surface area contributed by atoms with E-state index in [0.717, 1.165) is 36.8 Å². The van der Waals surface area contributed by atoms with E-state index in [4.69, 9.17) is 9.72 Å². The van der Waals surface area contributed by atoms with Crippen molar-refractivity contribution < 1.29 is 4.74 Å². The second-order valence-electron chi connectivity index (χ2n) is 9.40. The van der Waals surface area contributed by atoms with Gasteiger partial charge in [-0.2, -0.15) is 0 Å². The molecule has 2 saturated heterocycles. The van der Waals surface area contributed by atoms with Gasteiger partial charge in [0.1, 0.15) is 11.6 Å². The Hall–Kier alpha value is -2.07. The second-order valence-corrected chi connectivity index (χ2v) is 9.40. The third-order valence-electron chi connectivity index (χ3n) is 6.77. The first-order valence-corrected chi connectivity index (χ1v) is 11.8. The quantitative estimate of drug-likeness (QED) is 0.632. The Labute approximate surface area is 182 Å². The van der Waals surface area contributed by atoms with E-state index in [-0.39, 0.29) is 0 Å². The number of rotatable bonds is 7. The van der Waals surface area contributed by atoms with Crippen molar-refractivity contribution in [2.75, 3.05) is 18.1 Å². The number of hydrogen-bond acceptors (Lipinski definition) is 4. The lowest BCUT2D eigenvalue weighted by molar-refractivity contribution is 0.292. The van der Waals surface area contributed by atoms with Gasteiger partial charge in [0, 0.05) is 23.7 Å². The Bertz CT molecular complexity index is 834. The highest BCUT2D eigenvalue weighted by atomic mass is 16.5. The SMILES string of the molecule is CC(C)c1cc(OCCC2CCCN2)ccc1-c1cccc(N2C(C)CCC2C)n1. The Morgan fingerprint density at radius 2 is 1.90 bits per heavy atom. The van der Waals surface area contributed by atoms with Crippen LogP contribution in [0.4, 0.5) is 5.82 Å². The average molecular weight is 408 g/mol. The van der Waals surface area contributed by atoms with Crippen molar-refractivity contribution in [1.29, 1.82) is 0 Å². The normalized spacial score (nSPS) is 24.0. The topological polar surface area (TPSA) is 37.4 Å². The number of benzene rings is 1. The largest absolute Gasteiger partial charge is 0.494 e. The predicted molar refractivity (Wildman–Crippen MR) is 126 cm³/mol. The molecule has 1 aromatic carbocycles. The molecule has 3 atom stereocenters. The summed E-state index contributed by atoms with van der Waals surface area (Å²) in [6.07, 6.45) is 6.13. The summed E-state index contributed by atoms with van der Waals surface area (Å²) in [5.74, 6) is 2.48. The van der Waals surface area contributed by atoms with Crippen LogP contribution < -0.4 is 15.0 Å². The molecule has 2 aliphatic rings. The molecule has 2 fully saturated rings. The van der Waals surface area contributed by atoms with Gasteiger partial charge < -0.3 is 15.0 Å². The molecular weight excluding hydrogens is 370 g/mol. The van der Waals surface area contributed by atoms with E-state index in [9.17, 15) is 0 Å². The van der Waals surface area contributed by atoms with Gasteiger partial charge in [0.25, 0.3) is 0 Å². The molecule has 30 heavy (non-hydrogen) atoms. The van der Waals surface area contributed by atoms with Crippen LogP contribution in [-0.4, -0.2) is 36.3 Å². The fraction of sp³-hybridized carbons (Fsp3) is 0.577. The maximum absolute atomic E-state index is 6.11. The van der Waals surface area contributed by atoms with E-state index < -0.39 is 0 Å². The van der Waals surface area contributed by atoms with Crippen molar-refractivity contribution in [3.05, 3.63) is 42.0 Å². The minimum atomic E-state index is 0.412. The fourth-order valence-electron chi connectivity index (χ4n) is 5.03. The lowest BCUT2D eigenvalue weighted by Crippen LogP contribution is -2.33. The first-order chi connectivity index (χ1) is 14.5. The lowest BCUT2D eigenvalue weighted by Gasteiger charge is -2.28. The number of aromatic nitrogens is 1. The summed E-state index contributed by atoms with van der Waals surface area (Å²) in [7, 11) is 0. The highest BCUT2D eigenvalue weighted by molar-refractivity contribution is 5.67. The molecule has 2 aromatic rings. The monoisotopic (exact) mass is 407 g/mol. The van der Waals surface area contributed by atoms with E-state index in [1.54, 1.807) is 0 Å². The van der Waals surface area contributed by atoms with Crippen LogP contribution in [0.25, 0.3) is 11.3 Å². The van der Waals surface area contributed by atoms with Gasteiger partial charge in [-0.1, -0.05) is 19.9 Å². The molecule has 0 bridgehead atoms. The fourth-order valence-corrected chi connectivity index (χ4v) is 5.03. The molecule has 4 rings (SSSR count). The van der Waals surface area contributed by atoms with Gasteiger partial charge in [-0.15, -0.1) is 0 Å². The molecule has 0 spiro atoms. The molecule has 4 nitrogen and oxygen atoms in total. The average Bonchev–Trinajstić information content (AvgIpc) is 3.37. The summed E-state index contributed by atoms with van der Waals surface area (Å²) < 4.78 is 6.11. The second kappa shape index (κ2) is 9.38. The van der Waals surface area contributed by atoms with Crippen molar-refractivity contribution in [2.45, 2.75) is 83.8 Å². The van der Waals surface area contributed by atoms with Crippen molar-refractivity contribution in [3.8, 4) is 17.0 Å². The number of nitrogens with one attached hydrogen (secondary N) is 1. The van der Waals surface area contributed by atoms with Gasteiger partial charge in [-0.3, -0.25) is 0 Å². The zero-order valence-corrected chi connectivity index (χ0v) is 19.0. The van der Waals surface area contributed by atoms with Crippen LogP contribution in [0.1, 0.15) is 71.3 Å². The van der Waals surface area contributed by atoms with Gasteiger partial charge in [0.05, 0.1) is 12.3 Å². The van der Waals surface area contributed by atoms with Crippen LogP contribution in [0.5, 0.6) is 5.75 Å². The first-order valence-electron chi connectivity index (χ1n) is 11.8. The Kier molecular flexibility index (Phi) is 6.62. The Balaban J connectivity index is 1.54. The summed E-state index contributed by atoms with van der Waals surface area (Å²) >= 11 is 0. The molecule has 0 amide bonds. The maximum atomic E-state index is 6.11. The molecule has 1 aromatic heterocycles. The van der Waals surface area contributed by atoms with Gasteiger partial charge >= 0.3 is 0 Å². The smallest absolute Gasteiger partial charge is 0.129 e. The van der Waals surface area contributed by atoms with E-state index in [2.05, 4.69) is 74.3 Å². The third kappa shape index (κ3) is 4.64. The zero-order chi connectivity index (χ0) is 21.1. The molecule has 3 unspecified atom stereocenters. The van der Waals surface area contributed by atoms with Gasteiger partial charge in [-0.25, -0.2) is 4.98 Å². The van der Waals surface area contributed by atoms with Crippen LogP contribution in [0.3, 0.4) is 0 Å². The molecule has 3 heterocycles. The predicted octanol–water partition coefficient (Wildman–Crippen LogP) is 5.77. The Morgan fingerprint density at radius 3 is 2.60 bits per heavy atom. The number of nitrogens with zero attached hydrogens (tertiary/aromatic N) is 2. The minimum Gasteiger partial charge on any atom is -0.494 e. The van der Waals surface area contributed by atoms with Crippen molar-refractivity contribution in [2.24, 2.45) is 0 Å². The standard InChI is InChI=1S/C26H37N3O/c1-18(2)24-17-22(30-16-14-21-7-6-15-27-21)12-13-23(24)25-8-5-9-26(28-25)29-19(3)10-11-20(29)4/h5,8-9,12-13,17-21,27H,6-7,10-11,14-16H2,1-4H3. The summed E-state index contributed by atoms with van der Waals surface area (Å²) in [4.78, 5) is 7.57. The molecule has 162 valence electrons. The van der Waals surface area contributed by atoms with Crippen molar-refractivity contribution in [1.82, 2.24) is 10.3 Å².